The maximum atomic E-state index is 12.6. The first-order valence-corrected chi connectivity index (χ1v) is 14.5. The summed E-state index contributed by atoms with van der Waals surface area (Å²) in [4.78, 5) is 24.5. The fourth-order valence-electron chi connectivity index (χ4n) is 9.40. The van der Waals surface area contributed by atoms with Gasteiger partial charge in [-0.05, 0) is 80.3 Å². The molecule has 5 aliphatic rings. The molecule has 210 valence electrons. The molecule has 6 rings (SSSR count). The first-order valence-electron chi connectivity index (χ1n) is 14.5. The van der Waals surface area contributed by atoms with Crippen LogP contribution < -0.4 is 5.43 Å². The Balaban J connectivity index is 1.29. The summed E-state index contributed by atoms with van der Waals surface area (Å²) in [7, 11) is 0. The van der Waals surface area contributed by atoms with E-state index in [9.17, 15) is 24.9 Å². The van der Waals surface area contributed by atoms with Gasteiger partial charge in [-0.1, -0.05) is 37.3 Å². The van der Waals surface area contributed by atoms with Crippen molar-refractivity contribution in [2.45, 2.75) is 88.4 Å². The number of ether oxygens (including phenoxy) is 1. The lowest BCUT2D eigenvalue weighted by atomic mass is 9.41. The zero-order chi connectivity index (χ0) is 27.5. The van der Waals surface area contributed by atoms with E-state index in [1.165, 1.54) is 0 Å². The zero-order valence-electron chi connectivity index (χ0n) is 22.6. The van der Waals surface area contributed by atoms with Crippen LogP contribution in [-0.4, -0.2) is 57.3 Å². The fraction of sp³-hybridized carbons (Fsp3) is 0.645. The highest BCUT2D eigenvalue weighted by Crippen LogP contribution is 2.70. The molecule has 4 N–H and O–H groups in total. The number of aliphatic hydroxyl groups excluding tert-OH is 1. The minimum Gasteiger partial charge on any atom is -0.458 e. The lowest BCUT2D eigenvalue weighted by Crippen LogP contribution is -2.68. The number of hydrogen-bond acceptors (Lipinski definition) is 7. The van der Waals surface area contributed by atoms with Gasteiger partial charge in [-0.15, -0.1) is 0 Å². The van der Waals surface area contributed by atoms with Crippen LogP contribution >= 0.6 is 0 Å². The molecule has 4 saturated carbocycles. The average molecular weight is 537 g/mol. The second-order valence-electron chi connectivity index (χ2n) is 13.0. The van der Waals surface area contributed by atoms with E-state index in [4.69, 9.17) is 4.74 Å². The van der Waals surface area contributed by atoms with Gasteiger partial charge in [0.15, 0.2) is 0 Å². The first-order chi connectivity index (χ1) is 18.6. The summed E-state index contributed by atoms with van der Waals surface area (Å²) >= 11 is 0. The zero-order valence-corrected chi connectivity index (χ0v) is 22.6. The molecule has 1 amide bonds. The maximum absolute atomic E-state index is 12.6. The molecule has 0 radical (unpaired) electrons. The molecule has 0 aromatic heterocycles. The predicted molar refractivity (Wildman–Crippen MR) is 144 cm³/mol. The van der Waals surface area contributed by atoms with Crippen LogP contribution in [0, 0.1) is 28.6 Å². The summed E-state index contributed by atoms with van der Waals surface area (Å²) in [5.74, 6) is -0.528. The van der Waals surface area contributed by atoms with Crippen molar-refractivity contribution in [2.75, 3.05) is 6.61 Å². The number of amides is 1. The number of nitrogens with zero attached hydrogens (tertiary/aromatic N) is 1. The van der Waals surface area contributed by atoms with Crippen molar-refractivity contribution < 1.29 is 29.6 Å². The molecular weight excluding hydrogens is 496 g/mol. The van der Waals surface area contributed by atoms with Crippen LogP contribution in [0.25, 0.3) is 0 Å². The van der Waals surface area contributed by atoms with Gasteiger partial charge < -0.3 is 20.1 Å². The molecule has 1 aliphatic heterocycles. The Hall–Kier alpha value is -2.55. The maximum Gasteiger partial charge on any atom is 0.331 e. The molecule has 8 atom stereocenters. The van der Waals surface area contributed by atoms with Gasteiger partial charge in [-0.25, -0.2) is 10.2 Å². The summed E-state index contributed by atoms with van der Waals surface area (Å²) in [6, 6.07) is 9.48. The summed E-state index contributed by atoms with van der Waals surface area (Å²) in [5, 5.41) is 39.5. The van der Waals surface area contributed by atoms with Gasteiger partial charge in [-0.2, -0.15) is 5.10 Å². The van der Waals surface area contributed by atoms with Gasteiger partial charge in [0.25, 0.3) is 0 Å². The number of fused-ring (bicyclic) bond motifs is 5. The minimum atomic E-state index is -1.16. The minimum absolute atomic E-state index is 0.0363. The third kappa shape index (κ3) is 4.09. The molecule has 0 bridgehead atoms. The van der Waals surface area contributed by atoms with Gasteiger partial charge in [0.2, 0.25) is 5.91 Å². The van der Waals surface area contributed by atoms with E-state index < -0.39 is 22.7 Å². The highest BCUT2D eigenvalue weighted by molar-refractivity contribution is 5.85. The van der Waals surface area contributed by atoms with Crippen LogP contribution in [0.5, 0.6) is 0 Å². The Morgan fingerprint density at radius 3 is 2.59 bits per heavy atom. The molecule has 39 heavy (non-hydrogen) atoms. The number of carbonyl (C=O) groups is 2. The molecular formula is C31H40N2O6. The van der Waals surface area contributed by atoms with E-state index in [-0.39, 0.29) is 47.9 Å². The van der Waals surface area contributed by atoms with Crippen LogP contribution in [0.2, 0.25) is 0 Å². The molecule has 0 spiro atoms. The summed E-state index contributed by atoms with van der Waals surface area (Å²) in [6.45, 7) is 2.47. The number of cyclic esters (lactones) is 1. The SMILES string of the molecule is C[C@]12CC[C@H]3[C@@H](CC[C@]4(O)C[C@H](O)CC[C@]34/C=N\NC(=O)Cc3ccccc3)[C@]1(O)CC[C@@H]2C1=CC(=O)OC1. The van der Waals surface area contributed by atoms with E-state index >= 15 is 0 Å². The molecule has 4 aliphatic carbocycles. The van der Waals surface area contributed by atoms with Crippen molar-refractivity contribution in [3.05, 3.63) is 47.5 Å². The van der Waals surface area contributed by atoms with E-state index in [0.717, 1.165) is 30.4 Å². The number of rotatable bonds is 5. The summed E-state index contributed by atoms with van der Waals surface area (Å²) in [5.41, 5.74) is 1.32. The van der Waals surface area contributed by atoms with E-state index in [0.29, 0.717) is 38.7 Å². The van der Waals surface area contributed by atoms with Gasteiger partial charge in [0.05, 0.1) is 23.7 Å². The van der Waals surface area contributed by atoms with Gasteiger partial charge in [0.1, 0.15) is 6.61 Å². The van der Waals surface area contributed by atoms with Crippen molar-refractivity contribution in [3.8, 4) is 0 Å². The molecule has 4 fully saturated rings. The number of benzene rings is 1. The molecule has 1 heterocycles. The highest BCUT2D eigenvalue weighted by atomic mass is 16.5. The molecule has 8 nitrogen and oxygen atoms in total. The van der Waals surface area contributed by atoms with E-state index in [1.807, 2.05) is 30.3 Å². The first kappa shape index (κ1) is 26.7. The quantitative estimate of drug-likeness (QED) is 0.260. The van der Waals surface area contributed by atoms with Gasteiger partial charge in [-0.3, -0.25) is 4.79 Å². The van der Waals surface area contributed by atoms with Gasteiger partial charge in [0, 0.05) is 29.5 Å². The van der Waals surface area contributed by atoms with Crippen LogP contribution in [0.15, 0.2) is 47.1 Å². The Morgan fingerprint density at radius 1 is 1.08 bits per heavy atom. The van der Waals surface area contributed by atoms with Crippen LogP contribution in [0.1, 0.15) is 70.3 Å². The number of esters is 1. The number of hydrazone groups is 1. The molecule has 0 saturated heterocycles. The monoisotopic (exact) mass is 536 g/mol. The normalized spacial score (nSPS) is 43.3. The third-order valence-electron chi connectivity index (χ3n) is 11.3. The molecule has 0 unspecified atom stereocenters. The summed E-state index contributed by atoms with van der Waals surface area (Å²) < 4.78 is 5.23. The highest BCUT2D eigenvalue weighted by Gasteiger charge is 2.71. The number of nitrogens with one attached hydrogen (secondary N) is 1. The van der Waals surface area contributed by atoms with Crippen molar-refractivity contribution in [3.63, 3.8) is 0 Å². The molecule has 1 aromatic rings. The van der Waals surface area contributed by atoms with E-state index in [1.54, 1.807) is 12.3 Å². The fourth-order valence-corrected chi connectivity index (χ4v) is 9.40. The smallest absolute Gasteiger partial charge is 0.331 e. The third-order valence-corrected chi connectivity index (χ3v) is 11.3. The largest absolute Gasteiger partial charge is 0.458 e. The number of hydrogen-bond donors (Lipinski definition) is 4. The van der Waals surface area contributed by atoms with Crippen molar-refractivity contribution in [1.82, 2.24) is 5.43 Å². The topological polar surface area (TPSA) is 128 Å². The summed E-state index contributed by atoms with van der Waals surface area (Å²) in [6.07, 6.45) is 8.48. The predicted octanol–water partition coefficient (Wildman–Crippen LogP) is 3.04. The standard InChI is InChI=1S/C31H40N2O6/c1-28-11-8-24-25(31(28,38)14-10-23(28)21-16-27(36)39-18-21)9-13-30(37)17-22(34)7-12-29(24,30)19-32-33-26(35)15-20-5-3-2-4-6-20/h2-6,16,19,22-25,34,37-38H,7-15,17-18H2,1H3,(H,33,35)/b32-19-/t22-,23-,24+,25-,28-,29+,30+,31-/m1/s1. The van der Waals surface area contributed by atoms with Crippen LogP contribution in [0.3, 0.4) is 0 Å². The van der Waals surface area contributed by atoms with E-state index in [2.05, 4.69) is 17.5 Å². The van der Waals surface area contributed by atoms with Crippen LogP contribution in [-0.2, 0) is 20.7 Å². The average Bonchev–Trinajstić information content (AvgIpc) is 3.44. The Kier molecular flexibility index (Phi) is 6.51. The molecule has 1 aromatic carbocycles. The number of aliphatic hydroxyl groups is 3. The molecule has 8 heteroatoms. The Labute approximate surface area is 229 Å². The van der Waals surface area contributed by atoms with Crippen molar-refractivity contribution in [2.24, 2.45) is 33.7 Å². The second-order valence-corrected chi connectivity index (χ2v) is 13.0. The van der Waals surface area contributed by atoms with Crippen molar-refractivity contribution >= 4 is 18.1 Å². The lowest BCUT2D eigenvalue weighted by Gasteiger charge is -2.65. The lowest BCUT2D eigenvalue weighted by molar-refractivity contribution is -0.237. The Morgan fingerprint density at radius 2 is 1.85 bits per heavy atom. The van der Waals surface area contributed by atoms with Crippen LogP contribution in [0.4, 0.5) is 0 Å². The van der Waals surface area contributed by atoms with Crippen molar-refractivity contribution in [1.29, 1.82) is 0 Å². The second kappa shape index (κ2) is 9.53. The Bertz CT molecular complexity index is 1200. The van der Waals surface area contributed by atoms with Gasteiger partial charge >= 0.3 is 5.97 Å². The number of carbonyl (C=O) groups excluding carboxylic acids is 2.